The van der Waals surface area contributed by atoms with Gasteiger partial charge in [-0.2, -0.15) is 0 Å². The molecule has 0 aliphatic heterocycles. The lowest BCUT2D eigenvalue weighted by Crippen LogP contribution is -2.20. The summed E-state index contributed by atoms with van der Waals surface area (Å²) in [6.45, 7) is 1.63. The van der Waals surface area contributed by atoms with Crippen molar-refractivity contribution < 1.29 is 9.72 Å². The molecule has 1 aromatic carbocycles. The highest BCUT2D eigenvalue weighted by atomic mass is 16.6. The molecule has 0 aliphatic rings. The number of aromatic nitrogens is 2. The Kier molecular flexibility index (Phi) is 3.85. The van der Waals surface area contributed by atoms with Gasteiger partial charge in [0.1, 0.15) is 0 Å². The molecule has 0 unspecified atom stereocenters. The molecular formula is C12H11N5O3. The summed E-state index contributed by atoms with van der Waals surface area (Å²) in [5.41, 5.74) is 0.792. The highest BCUT2D eigenvalue weighted by Crippen LogP contribution is 2.22. The number of amides is 2. The average molecular weight is 273 g/mol. The number of carbonyl (C=O) groups is 1. The van der Waals surface area contributed by atoms with Crippen LogP contribution in [0.25, 0.3) is 0 Å². The van der Waals surface area contributed by atoms with E-state index in [1.807, 2.05) is 0 Å². The zero-order valence-electron chi connectivity index (χ0n) is 10.5. The number of nitro groups is 1. The van der Waals surface area contributed by atoms with Crippen molar-refractivity contribution in [1.29, 1.82) is 0 Å². The van der Waals surface area contributed by atoms with E-state index in [2.05, 4.69) is 20.6 Å². The van der Waals surface area contributed by atoms with Gasteiger partial charge in [-0.25, -0.2) is 9.78 Å². The maximum Gasteiger partial charge on any atom is 0.324 e. The molecule has 8 nitrogen and oxygen atoms in total. The third-order valence-corrected chi connectivity index (χ3v) is 2.47. The normalized spacial score (nSPS) is 9.85. The van der Waals surface area contributed by atoms with E-state index in [1.54, 1.807) is 19.1 Å². The standard InChI is InChI=1S/C12H11N5O3/c1-8-2-3-9(6-10(8)17(19)20)15-12(18)16-11-7-13-4-5-14-11/h2-7H,1H3,(H2,14,15,16,18). The number of nitro benzene ring substituents is 1. The van der Waals surface area contributed by atoms with E-state index in [-0.39, 0.29) is 11.5 Å². The zero-order valence-corrected chi connectivity index (χ0v) is 10.5. The van der Waals surface area contributed by atoms with Crippen molar-refractivity contribution in [3.63, 3.8) is 0 Å². The molecule has 0 radical (unpaired) electrons. The minimum Gasteiger partial charge on any atom is -0.307 e. The third-order valence-electron chi connectivity index (χ3n) is 2.47. The predicted molar refractivity (Wildman–Crippen MR) is 72.5 cm³/mol. The summed E-state index contributed by atoms with van der Waals surface area (Å²) in [6.07, 6.45) is 4.30. The van der Waals surface area contributed by atoms with Crippen molar-refractivity contribution in [2.24, 2.45) is 0 Å². The van der Waals surface area contributed by atoms with Crippen LogP contribution in [-0.2, 0) is 0 Å². The molecule has 2 N–H and O–H groups in total. The summed E-state index contributed by atoms with van der Waals surface area (Å²) in [5, 5.41) is 15.8. The van der Waals surface area contributed by atoms with E-state index < -0.39 is 11.0 Å². The van der Waals surface area contributed by atoms with Crippen LogP contribution in [0.1, 0.15) is 5.56 Å². The molecular weight excluding hydrogens is 262 g/mol. The largest absolute Gasteiger partial charge is 0.324 e. The number of rotatable bonds is 3. The smallest absolute Gasteiger partial charge is 0.307 e. The minimum absolute atomic E-state index is 0.0534. The number of nitrogens with one attached hydrogen (secondary N) is 2. The van der Waals surface area contributed by atoms with Crippen LogP contribution in [-0.4, -0.2) is 20.9 Å². The lowest BCUT2D eigenvalue weighted by molar-refractivity contribution is -0.385. The van der Waals surface area contributed by atoms with Crippen molar-refractivity contribution in [3.8, 4) is 0 Å². The Morgan fingerprint density at radius 2 is 2.10 bits per heavy atom. The first-order valence-electron chi connectivity index (χ1n) is 5.65. The van der Waals surface area contributed by atoms with Crippen molar-refractivity contribution in [2.75, 3.05) is 10.6 Å². The van der Waals surface area contributed by atoms with Crippen LogP contribution in [0.4, 0.5) is 22.0 Å². The van der Waals surface area contributed by atoms with Crippen molar-refractivity contribution in [1.82, 2.24) is 9.97 Å². The Bertz CT molecular complexity index is 645. The van der Waals surface area contributed by atoms with Crippen LogP contribution in [0, 0.1) is 17.0 Å². The molecule has 102 valence electrons. The Balaban J connectivity index is 2.08. The van der Waals surface area contributed by atoms with Gasteiger partial charge in [-0.15, -0.1) is 0 Å². The Hall–Kier alpha value is -3.03. The number of aryl methyl sites for hydroxylation is 1. The monoisotopic (exact) mass is 273 g/mol. The molecule has 0 fully saturated rings. The van der Waals surface area contributed by atoms with E-state index >= 15 is 0 Å². The van der Waals surface area contributed by atoms with Crippen molar-refractivity contribution >= 4 is 23.2 Å². The van der Waals surface area contributed by atoms with Crippen LogP contribution in [0.2, 0.25) is 0 Å². The first-order valence-corrected chi connectivity index (χ1v) is 5.65. The van der Waals surface area contributed by atoms with E-state index in [0.29, 0.717) is 11.3 Å². The Morgan fingerprint density at radius 3 is 2.75 bits per heavy atom. The second kappa shape index (κ2) is 5.74. The molecule has 0 bridgehead atoms. The highest BCUT2D eigenvalue weighted by molar-refractivity contribution is 5.99. The van der Waals surface area contributed by atoms with Gasteiger partial charge in [-0.1, -0.05) is 6.07 Å². The Labute approximate surface area is 114 Å². The highest BCUT2D eigenvalue weighted by Gasteiger charge is 2.12. The summed E-state index contributed by atoms with van der Waals surface area (Å²) in [4.78, 5) is 29.7. The van der Waals surface area contributed by atoms with E-state index in [9.17, 15) is 14.9 Å². The van der Waals surface area contributed by atoms with Crippen LogP contribution in [0.15, 0.2) is 36.8 Å². The van der Waals surface area contributed by atoms with Gasteiger partial charge in [0.05, 0.1) is 11.1 Å². The van der Waals surface area contributed by atoms with Gasteiger partial charge in [-0.3, -0.25) is 20.4 Å². The van der Waals surface area contributed by atoms with Crippen LogP contribution in [0.3, 0.4) is 0 Å². The van der Waals surface area contributed by atoms with Gasteiger partial charge in [0.2, 0.25) is 0 Å². The number of carbonyl (C=O) groups excluding carboxylic acids is 1. The van der Waals surface area contributed by atoms with Crippen molar-refractivity contribution in [2.45, 2.75) is 6.92 Å². The lowest BCUT2D eigenvalue weighted by Gasteiger charge is -2.07. The zero-order chi connectivity index (χ0) is 14.5. The molecule has 0 saturated heterocycles. The summed E-state index contributed by atoms with van der Waals surface area (Å²) in [5.74, 6) is 0.284. The maximum atomic E-state index is 11.7. The predicted octanol–water partition coefficient (Wildman–Crippen LogP) is 2.34. The number of urea groups is 1. The fourth-order valence-corrected chi connectivity index (χ4v) is 1.53. The molecule has 1 heterocycles. The van der Waals surface area contributed by atoms with Gasteiger partial charge < -0.3 is 5.32 Å². The fraction of sp³-hybridized carbons (Fsp3) is 0.0833. The second-order valence-electron chi connectivity index (χ2n) is 3.93. The number of benzene rings is 1. The van der Waals surface area contributed by atoms with E-state index in [1.165, 1.54) is 24.7 Å². The first kappa shape index (κ1) is 13.4. The molecule has 2 rings (SSSR count). The van der Waals surface area contributed by atoms with E-state index in [0.717, 1.165) is 0 Å². The molecule has 0 spiro atoms. The van der Waals surface area contributed by atoms with Gasteiger partial charge in [-0.05, 0) is 13.0 Å². The molecule has 8 heteroatoms. The van der Waals surface area contributed by atoms with Gasteiger partial charge in [0, 0.05) is 29.7 Å². The van der Waals surface area contributed by atoms with Gasteiger partial charge in [0.25, 0.3) is 5.69 Å². The third kappa shape index (κ3) is 3.25. The fourth-order valence-electron chi connectivity index (χ4n) is 1.53. The average Bonchev–Trinajstić information content (AvgIpc) is 2.41. The lowest BCUT2D eigenvalue weighted by atomic mass is 10.2. The summed E-state index contributed by atoms with van der Waals surface area (Å²) >= 11 is 0. The molecule has 2 amide bonds. The van der Waals surface area contributed by atoms with Crippen LogP contribution >= 0.6 is 0 Å². The summed E-state index contributed by atoms with van der Waals surface area (Å²) < 4.78 is 0. The van der Waals surface area contributed by atoms with Gasteiger partial charge >= 0.3 is 6.03 Å². The molecule has 0 atom stereocenters. The van der Waals surface area contributed by atoms with Crippen molar-refractivity contribution in [3.05, 3.63) is 52.5 Å². The van der Waals surface area contributed by atoms with Crippen LogP contribution in [0.5, 0.6) is 0 Å². The summed E-state index contributed by atoms with van der Waals surface area (Å²) in [7, 11) is 0. The molecule has 0 saturated carbocycles. The molecule has 1 aromatic heterocycles. The SMILES string of the molecule is Cc1ccc(NC(=O)Nc2cnccn2)cc1[N+](=O)[O-]. The first-order chi connectivity index (χ1) is 9.56. The number of anilines is 2. The second-order valence-corrected chi connectivity index (χ2v) is 3.93. The molecule has 2 aromatic rings. The summed E-state index contributed by atoms with van der Waals surface area (Å²) in [6, 6.07) is 3.89. The van der Waals surface area contributed by atoms with Gasteiger partial charge in [0.15, 0.2) is 5.82 Å². The number of nitrogens with zero attached hydrogens (tertiary/aromatic N) is 3. The maximum absolute atomic E-state index is 11.7. The number of hydrogen-bond donors (Lipinski definition) is 2. The Morgan fingerprint density at radius 1 is 1.30 bits per heavy atom. The minimum atomic E-state index is -0.552. The topological polar surface area (TPSA) is 110 Å². The quantitative estimate of drug-likeness (QED) is 0.658. The van der Waals surface area contributed by atoms with Crippen LogP contribution < -0.4 is 10.6 Å². The molecule has 20 heavy (non-hydrogen) atoms. The molecule has 0 aliphatic carbocycles. The number of hydrogen-bond acceptors (Lipinski definition) is 5. The van der Waals surface area contributed by atoms with E-state index in [4.69, 9.17) is 0 Å².